The van der Waals surface area contributed by atoms with Gasteiger partial charge in [0.1, 0.15) is 5.01 Å². The number of rotatable bonds is 8. The fraction of sp³-hybridized carbons (Fsp3) is 0.700. The SMILES string of the molecule is CCN(CCCNCc1nccs1)S(C)(=O)=O. The number of nitrogens with zero attached hydrogens (tertiary/aromatic N) is 2. The van der Waals surface area contributed by atoms with Gasteiger partial charge < -0.3 is 5.32 Å². The van der Waals surface area contributed by atoms with Gasteiger partial charge in [-0.25, -0.2) is 17.7 Å². The van der Waals surface area contributed by atoms with E-state index >= 15 is 0 Å². The molecule has 1 N–H and O–H groups in total. The number of hydrogen-bond acceptors (Lipinski definition) is 5. The quantitative estimate of drug-likeness (QED) is 0.717. The van der Waals surface area contributed by atoms with Crippen molar-refractivity contribution >= 4 is 21.4 Å². The lowest BCUT2D eigenvalue weighted by Crippen LogP contribution is -2.32. The molecule has 0 aliphatic carbocycles. The topological polar surface area (TPSA) is 62.3 Å². The van der Waals surface area contributed by atoms with E-state index in [1.807, 2.05) is 12.3 Å². The van der Waals surface area contributed by atoms with Crippen molar-refractivity contribution in [3.63, 3.8) is 0 Å². The van der Waals surface area contributed by atoms with E-state index in [2.05, 4.69) is 10.3 Å². The molecule has 98 valence electrons. The minimum atomic E-state index is -3.05. The molecule has 0 amide bonds. The largest absolute Gasteiger partial charge is 0.310 e. The summed E-state index contributed by atoms with van der Waals surface area (Å²) in [5, 5.41) is 6.25. The van der Waals surface area contributed by atoms with Gasteiger partial charge in [0.2, 0.25) is 10.0 Å². The Balaban J connectivity index is 2.15. The average Bonchev–Trinajstić information content (AvgIpc) is 2.74. The normalized spacial score (nSPS) is 12.2. The molecular formula is C10H19N3O2S2. The molecule has 0 saturated heterocycles. The van der Waals surface area contributed by atoms with Gasteiger partial charge in [-0.3, -0.25) is 0 Å². The molecule has 0 unspecified atom stereocenters. The first kappa shape index (κ1) is 14.6. The Kier molecular flexibility index (Phi) is 6.04. The molecule has 17 heavy (non-hydrogen) atoms. The molecule has 1 aromatic heterocycles. The van der Waals surface area contributed by atoms with Gasteiger partial charge in [0.25, 0.3) is 0 Å². The van der Waals surface area contributed by atoms with Gasteiger partial charge in [0.15, 0.2) is 0 Å². The van der Waals surface area contributed by atoms with Gasteiger partial charge in [-0.05, 0) is 13.0 Å². The zero-order chi connectivity index (χ0) is 12.7. The van der Waals surface area contributed by atoms with Crippen molar-refractivity contribution in [1.82, 2.24) is 14.6 Å². The van der Waals surface area contributed by atoms with Crippen molar-refractivity contribution in [2.24, 2.45) is 0 Å². The summed E-state index contributed by atoms with van der Waals surface area (Å²) >= 11 is 1.62. The van der Waals surface area contributed by atoms with Gasteiger partial charge in [0.05, 0.1) is 6.26 Å². The van der Waals surface area contributed by atoms with Crippen LogP contribution in [0.2, 0.25) is 0 Å². The summed E-state index contributed by atoms with van der Waals surface area (Å²) in [5.74, 6) is 0. The Labute approximate surface area is 107 Å². The van der Waals surface area contributed by atoms with Crippen LogP contribution in [0.1, 0.15) is 18.4 Å². The van der Waals surface area contributed by atoms with Crippen LogP contribution in [0.25, 0.3) is 0 Å². The van der Waals surface area contributed by atoms with Crippen LogP contribution in [-0.2, 0) is 16.6 Å². The van der Waals surface area contributed by atoms with Crippen molar-refractivity contribution in [3.8, 4) is 0 Å². The smallest absolute Gasteiger partial charge is 0.211 e. The first-order valence-corrected chi connectivity index (χ1v) is 8.31. The van der Waals surface area contributed by atoms with Crippen molar-refractivity contribution < 1.29 is 8.42 Å². The highest BCUT2D eigenvalue weighted by molar-refractivity contribution is 7.88. The monoisotopic (exact) mass is 277 g/mol. The number of sulfonamides is 1. The lowest BCUT2D eigenvalue weighted by atomic mass is 10.4. The van der Waals surface area contributed by atoms with E-state index < -0.39 is 10.0 Å². The van der Waals surface area contributed by atoms with Crippen LogP contribution < -0.4 is 5.32 Å². The minimum Gasteiger partial charge on any atom is -0.310 e. The molecule has 1 aromatic rings. The molecule has 0 atom stereocenters. The summed E-state index contributed by atoms with van der Waals surface area (Å²) in [4.78, 5) is 4.15. The van der Waals surface area contributed by atoms with E-state index in [1.165, 1.54) is 10.6 Å². The van der Waals surface area contributed by atoms with Crippen LogP contribution in [0.5, 0.6) is 0 Å². The molecule has 0 aromatic carbocycles. The van der Waals surface area contributed by atoms with Gasteiger partial charge >= 0.3 is 0 Å². The van der Waals surface area contributed by atoms with E-state index in [4.69, 9.17) is 0 Å². The summed E-state index contributed by atoms with van der Waals surface area (Å²) in [7, 11) is -3.05. The standard InChI is InChI=1S/C10H19N3O2S2/c1-3-13(17(2,14)15)7-4-5-11-9-10-12-6-8-16-10/h6,8,11H,3-5,7,9H2,1-2H3. The van der Waals surface area contributed by atoms with E-state index in [0.29, 0.717) is 13.1 Å². The summed E-state index contributed by atoms with van der Waals surface area (Å²) < 4.78 is 24.1. The third kappa shape index (κ3) is 5.58. The molecule has 1 rings (SSSR count). The second-order valence-corrected chi connectivity index (χ2v) is 6.67. The van der Waals surface area contributed by atoms with Crippen molar-refractivity contribution in [3.05, 3.63) is 16.6 Å². The number of thiazole rings is 1. The highest BCUT2D eigenvalue weighted by Crippen LogP contribution is 2.03. The summed E-state index contributed by atoms with van der Waals surface area (Å²) in [6.45, 7) is 4.50. The van der Waals surface area contributed by atoms with E-state index in [9.17, 15) is 8.42 Å². The molecular weight excluding hydrogens is 258 g/mol. The lowest BCUT2D eigenvalue weighted by Gasteiger charge is -2.17. The Bertz CT molecular complexity index is 403. The van der Waals surface area contributed by atoms with Crippen LogP contribution in [0.15, 0.2) is 11.6 Å². The summed E-state index contributed by atoms with van der Waals surface area (Å²) in [6.07, 6.45) is 3.84. The molecule has 7 heteroatoms. The van der Waals surface area contributed by atoms with Crippen molar-refractivity contribution in [2.75, 3.05) is 25.9 Å². The Morgan fingerprint density at radius 2 is 2.29 bits per heavy atom. The lowest BCUT2D eigenvalue weighted by molar-refractivity contribution is 0.419. The van der Waals surface area contributed by atoms with Crippen molar-refractivity contribution in [1.29, 1.82) is 0 Å². The van der Waals surface area contributed by atoms with Gasteiger partial charge in [-0.2, -0.15) is 0 Å². The number of nitrogens with one attached hydrogen (secondary N) is 1. The van der Waals surface area contributed by atoms with Gasteiger partial charge in [-0.15, -0.1) is 11.3 Å². The summed E-state index contributed by atoms with van der Waals surface area (Å²) in [5.41, 5.74) is 0. The molecule has 0 radical (unpaired) electrons. The van der Waals surface area contributed by atoms with Crippen LogP contribution in [-0.4, -0.2) is 43.6 Å². The Morgan fingerprint density at radius 3 is 2.82 bits per heavy atom. The molecule has 0 spiro atoms. The Hall–Kier alpha value is -0.500. The van der Waals surface area contributed by atoms with Crippen LogP contribution in [0.3, 0.4) is 0 Å². The average molecular weight is 277 g/mol. The maximum atomic E-state index is 11.3. The van der Waals surface area contributed by atoms with Crippen LogP contribution in [0.4, 0.5) is 0 Å². The molecule has 0 saturated carbocycles. The molecule has 1 heterocycles. The fourth-order valence-corrected chi connectivity index (χ4v) is 2.99. The first-order chi connectivity index (χ1) is 8.04. The predicted molar refractivity (Wildman–Crippen MR) is 70.5 cm³/mol. The van der Waals surface area contributed by atoms with Gasteiger partial charge in [0, 0.05) is 31.2 Å². The third-order valence-corrected chi connectivity index (χ3v) is 4.50. The zero-order valence-corrected chi connectivity index (χ0v) is 11.9. The maximum absolute atomic E-state index is 11.3. The predicted octanol–water partition coefficient (Wildman–Crippen LogP) is 0.904. The highest BCUT2D eigenvalue weighted by atomic mass is 32.2. The molecule has 0 aliphatic heterocycles. The number of aromatic nitrogens is 1. The highest BCUT2D eigenvalue weighted by Gasteiger charge is 2.12. The third-order valence-electron chi connectivity index (χ3n) is 2.34. The first-order valence-electron chi connectivity index (χ1n) is 5.58. The Morgan fingerprint density at radius 1 is 1.53 bits per heavy atom. The van der Waals surface area contributed by atoms with E-state index in [1.54, 1.807) is 17.5 Å². The van der Waals surface area contributed by atoms with E-state index in [0.717, 1.165) is 24.5 Å². The molecule has 0 fully saturated rings. The second kappa shape index (κ2) is 7.05. The molecule has 0 bridgehead atoms. The van der Waals surface area contributed by atoms with Gasteiger partial charge in [-0.1, -0.05) is 6.92 Å². The number of hydrogen-bond donors (Lipinski definition) is 1. The fourth-order valence-electron chi connectivity index (χ4n) is 1.47. The summed E-state index contributed by atoms with van der Waals surface area (Å²) in [6, 6.07) is 0. The molecule has 0 aliphatic rings. The second-order valence-electron chi connectivity index (χ2n) is 3.71. The zero-order valence-electron chi connectivity index (χ0n) is 10.2. The minimum absolute atomic E-state index is 0.533. The van der Waals surface area contributed by atoms with E-state index in [-0.39, 0.29) is 0 Å². The van der Waals surface area contributed by atoms with Crippen molar-refractivity contribution in [2.45, 2.75) is 19.9 Å². The van der Waals surface area contributed by atoms with Crippen LogP contribution >= 0.6 is 11.3 Å². The van der Waals surface area contributed by atoms with Crippen LogP contribution in [0, 0.1) is 0 Å². The molecule has 5 nitrogen and oxygen atoms in total. The maximum Gasteiger partial charge on any atom is 0.211 e.